The summed E-state index contributed by atoms with van der Waals surface area (Å²) in [4.78, 5) is 10.8. The molecule has 0 bridgehead atoms. The smallest absolute Gasteiger partial charge is 0.425 e. The maximum absolute atomic E-state index is 13.3. The largest absolute Gasteiger partial charge is 0.483 e. The number of hydrazine groups is 1. The topological polar surface area (TPSA) is 64.3 Å². The molecule has 0 saturated heterocycles. The summed E-state index contributed by atoms with van der Waals surface area (Å²) in [5, 5.41) is 0. The normalized spacial score (nSPS) is 11.5. The van der Waals surface area contributed by atoms with E-state index < -0.39 is 12.0 Å². The molecule has 0 atom stereocenters. The highest BCUT2D eigenvalue weighted by Crippen LogP contribution is 2.27. The van der Waals surface area contributed by atoms with Crippen molar-refractivity contribution in [3.05, 3.63) is 29.3 Å². The van der Waals surface area contributed by atoms with Crippen LogP contribution in [0.3, 0.4) is 0 Å². The van der Waals surface area contributed by atoms with Gasteiger partial charge in [0.2, 0.25) is 0 Å². The van der Waals surface area contributed by atoms with Gasteiger partial charge in [-0.1, -0.05) is 19.9 Å². The molecule has 18 heavy (non-hydrogen) atoms. The SMILES string of the molecule is Cc1cc(OC(F)(F)C(=O)NN)cc(C(C)C)c1. The number of nitrogens with one attached hydrogen (secondary N) is 1. The van der Waals surface area contributed by atoms with Crippen molar-refractivity contribution in [2.24, 2.45) is 5.84 Å². The lowest BCUT2D eigenvalue weighted by atomic mass is 10.0. The molecule has 0 aliphatic carbocycles. The van der Waals surface area contributed by atoms with Crippen LogP contribution in [0.5, 0.6) is 5.75 Å². The highest BCUT2D eigenvalue weighted by atomic mass is 19.3. The van der Waals surface area contributed by atoms with E-state index in [4.69, 9.17) is 0 Å². The van der Waals surface area contributed by atoms with Gasteiger partial charge >= 0.3 is 12.0 Å². The Morgan fingerprint density at radius 2 is 2.00 bits per heavy atom. The van der Waals surface area contributed by atoms with Crippen molar-refractivity contribution >= 4 is 5.91 Å². The van der Waals surface area contributed by atoms with Crippen LogP contribution in [0.4, 0.5) is 8.78 Å². The number of benzene rings is 1. The van der Waals surface area contributed by atoms with Crippen LogP contribution in [-0.4, -0.2) is 12.0 Å². The zero-order valence-corrected chi connectivity index (χ0v) is 10.5. The summed E-state index contributed by atoms with van der Waals surface area (Å²) < 4.78 is 30.9. The number of alkyl halides is 2. The molecule has 0 unspecified atom stereocenters. The van der Waals surface area contributed by atoms with Crippen molar-refractivity contribution in [2.45, 2.75) is 32.8 Å². The quantitative estimate of drug-likeness (QED) is 0.493. The molecule has 1 rings (SSSR count). The van der Waals surface area contributed by atoms with E-state index >= 15 is 0 Å². The zero-order chi connectivity index (χ0) is 13.9. The molecule has 0 radical (unpaired) electrons. The first kappa shape index (κ1) is 14.4. The van der Waals surface area contributed by atoms with Gasteiger partial charge in [-0.25, -0.2) is 5.84 Å². The predicted molar refractivity (Wildman–Crippen MR) is 63.2 cm³/mol. The van der Waals surface area contributed by atoms with Gasteiger partial charge in [-0.3, -0.25) is 10.2 Å². The summed E-state index contributed by atoms with van der Waals surface area (Å²) in [7, 11) is 0. The first-order valence-corrected chi connectivity index (χ1v) is 5.45. The van der Waals surface area contributed by atoms with Crippen LogP contribution in [-0.2, 0) is 4.79 Å². The third-order valence-electron chi connectivity index (χ3n) is 2.38. The number of nitrogens with two attached hydrogens (primary N) is 1. The molecule has 0 aromatic heterocycles. The summed E-state index contributed by atoms with van der Waals surface area (Å²) in [6, 6.07) is 4.79. The van der Waals surface area contributed by atoms with Crippen molar-refractivity contribution < 1.29 is 18.3 Å². The van der Waals surface area contributed by atoms with E-state index in [2.05, 4.69) is 10.6 Å². The van der Waals surface area contributed by atoms with Gasteiger partial charge in [-0.05, 0) is 36.1 Å². The number of amides is 1. The minimum atomic E-state index is -3.99. The van der Waals surface area contributed by atoms with Crippen LogP contribution in [0, 0.1) is 6.92 Å². The Morgan fingerprint density at radius 3 is 2.50 bits per heavy atom. The average molecular weight is 258 g/mol. The number of halogens is 2. The third-order valence-corrected chi connectivity index (χ3v) is 2.38. The fourth-order valence-electron chi connectivity index (χ4n) is 1.45. The molecule has 0 aliphatic heterocycles. The monoisotopic (exact) mass is 258 g/mol. The van der Waals surface area contributed by atoms with Gasteiger partial charge in [-0.15, -0.1) is 0 Å². The first-order valence-electron chi connectivity index (χ1n) is 5.45. The van der Waals surface area contributed by atoms with Gasteiger partial charge in [-0.2, -0.15) is 8.78 Å². The van der Waals surface area contributed by atoms with Gasteiger partial charge < -0.3 is 4.74 Å². The second-order valence-electron chi connectivity index (χ2n) is 4.33. The Balaban J connectivity index is 3.01. The second-order valence-corrected chi connectivity index (χ2v) is 4.33. The predicted octanol–water partition coefficient (Wildman–Crippen LogP) is 2.08. The van der Waals surface area contributed by atoms with Crippen molar-refractivity contribution in [2.75, 3.05) is 0 Å². The van der Waals surface area contributed by atoms with Crippen molar-refractivity contribution in [1.82, 2.24) is 5.43 Å². The number of carbonyl (C=O) groups is 1. The average Bonchev–Trinajstić information content (AvgIpc) is 2.26. The summed E-state index contributed by atoms with van der Waals surface area (Å²) in [5.74, 6) is 3.08. The minimum Gasteiger partial charge on any atom is -0.425 e. The number of carbonyl (C=O) groups excluding carboxylic acids is 1. The Kier molecular flexibility index (Phi) is 4.24. The summed E-state index contributed by atoms with van der Waals surface area (Å²) >= 11 is 0. The van der Waals surface area contributed by atoms with E-state index in [9.17, 15) is 13.6 Å². The lowest BCUT2D eigenvalue weighted by molar-refractivity contribution is -0.192. The number of hydrogen-bond donors (Lipinski definition) is 2. The zero-order valence-electron chi connectivity index (χ0n) is 10.5. The molecule has 1 aromatic rings. The number of aryl methyl sites for hydroxylation is 1. The molecule has 3 N–H and O–H groups in total. The van der Waals surface area contributed by atoms with Crippen LogP contribution < -0.4 is 16.0 Å². The lowest BCUT2D eigenvalue weighted by Gasteiger charge is -2.17. The Bertz CT molecular complexity index is 448. The maximum atomic E-state index is 13.3. The van der Waals surface area contributed by atoms with Crippen molar-refractivity contribution in [1.29, 1.82) is 0 Å². The fraction of sp³-hybridized carbons (Fsp3) is 0.417. The maximum Gasteiger partial charge on any atom is 0.483 e. The summed E-state index contributed by atoms with van der Waals surface area (Å²) in [6.45, 7) is 5.63. The molecule has 0 saturated carbocycles. The minimum absolute atomic E-state index is 0.0627. The molecule has 0 spiro atoms. The standard InChI is InChI=1S/C12H16F2N2O2/c1-7(2)9-4-8(3)5-10(6-9)18-12(13,14)11(17)16-15/h4-7H,15H2,1-3H3,(H,16,17). The molecule has 0 heterocycles. The first-order chi connectivity index (χ1) is 8.26. The van der Waals surface area contributed by atoms with Crippen molar-refractivity contribution in [3.8, 4) is 5.75 Å². The molecule has 0 fully saturated rings. The molecule has 6 heteroatoms. The molecule has 1 amide bonds. The summed E-state index contributed by atoms with van der Waals surface area (Å²) in [5.41, 5.74) is 3.00. The number of ether oxygens (including phenoxy) is 1. The lowest BCUT2D eigenvalue weighted by Crippen LogP contribution is -2.47. The van der Waals surface area contributed by atoms with E-state index in [-0.39, 0.29) is 11.7 Å². The van der Waals surface area contributed by atoms with E-state index in [0.717, 1.165) is 11.1 Å². The molecule has 0 aliphatic rings. The van der Waals surface area contributed by atoms with Gasteiger partial charge in [0, 0.05) is 0 Å². The van der Waals surface area contributed by atoms with Crippen LogP contribution in [0.1, 0.15) is 30.9 Å². The Hall–Kier alpha value is -1.69. The third kappa shape index (κ3) is 3.40. The number of hydrogen-bond acceptors (Lipinski definition) is 3. The van der Waals surface area contributed by atoms with Gasteiger partial charge in [0.15, 0.2) is 0 Å². The Morgan fingerprint density at radius 1 is 1.39 bits per heavy atom. The van der Waals surface area contributed by atoms with Crippen LogP contribution >= 0.6 is 0 Å². The van der Waals surface area contributed by atoms with Gasteiger partial charge in [0.05, 0.1) is 0 Å². The van der Waals surface area contributed by atoms with Crippen LogP contribution in [0.15, 0.2) is 18.2 Å². The molecule has 4 nitrogen and oxygen atoms in total. The van der Waals surface area contributed by atoms with E-state index in [0.29, 0.717) is 0 Å². The van der Waals surface area contributed by atoms with E-state index in [1.807, 2.05) is 19.9 Å². The highest BCUT2D eigenvalue weighted by Gasteiger charge is 2.41. The van der Waals surface area contributed by atoms with E-state index in [1.165, 1.54) is 17.6 Å². The fourth-order valence-corrected chi connectivity index (χ4v) is 1.45. The molecular formula is C12H16F2N2O2. The molecule has 100 valence electrons. The Labute approximate surface area is 104 Å². The van der Waals surface area contributed by atoms with Gasteiger partial charge in [0.1, 0.15) is 5.75 Å². The second kappa shape index (κ2) is 5.30. The van der Waals surface area contributed by atoms with Crippen LogP contribution in [0.25, 0.3) is 0 Å². The highest BCUT2D eigenvalue weighted by molar-refractivity contribution is 5.81. The van der Waals surface area contributed by atoms with Crippen molar-refractivity contribution in [3.63, 3.8) is 0 Å². The van der Waals surface area contributed by atoms with E-state index in [1.54, 1.807) is 6.92 Å². The van der Waals surface area contributed by atoms with Crippen LogP contribution in [0.2, 0.25) is 0 Å². The summed E-state index contributed by atoms with van der Waals surface area (Å²) in [6.07, 6.45) is -3.99. The number of rotatable bonds is 4. The molecule has 1 aromatic carbocycles. The van der Waals surface area contributed by atoms with Gasteiger partial charge in [0.25, 0.3) is 0 Å². The molecular weight excluding hydrogens is 242 g/mol.